The Morgan fingerprint density at radius 1 is 1.06 bits per heavy atom. The van der Waals surface area contributed by atoms with Crippen LogP contribution in [0, 0.1) is 0 Å². The molecule has 0 aliphatic heterocycles. The minimum absolute atomic E-state index is 0.757. The molecule has 0 aromatic heterocycles. The van der Waals surface area contributed by atoms with Gasteiger partial charge in [-0.15, -0.1) is 0 Å². The highest BCUT2D eigenvalue weighted by atomic mass is 15.2. The van der Waals surface area contributed by atoms with Crippen molar-refractivity contribution in [1.29, 1.82) is 0 Å². The predicted molar refractivity (Wildman–Crippen MR) is 80.1 cm³/mol. The number of hydrogen-bond donors (Lipinski definition) is 1. The zero-order valence-corrected chi connectivity index (χ0v) is 12.9. The van der Waals surface area contributed by atoms with Gasteiger partial charge < -0.3 is 10.2 Å². The number of likely N-dealkylation sites (N-methyl/N-ethyl adjacent to an activating group) is 1. The van der Waals surface area contributed by atoms with Crippen LogP contribution in [-0.4, -0.2) is 62.2 Å². The molecule has 18 heavy (non-hydrogen) atoms. The third-order valence-corrected chi connectivity index (χ3v) is 4.00. The molecule has 1 saturated carbocycles. The normalized spacial score (nSPS) is 25.0. The van der Waals surface area contributed by atoms with E-state index in [2.05, 4.69) is 43.1 Å². The summed E-state index contributed by atoms with van der Waals surface area (Å²) in [5, 5.41) is 3.64. The maximum Gasteiger partial charge on any atom is 0.0112 e. The first-order valence-electron chi connectivity index (χ1n) is 7.79. The Balaban J connectivity index is 2.44. The molecule has 0 radical (unpaired) electrons. The molecule has 3 heteroatoms. The molecule has 0 saturated heterocycles. The summed E-state index contributed by atoms with van der Waals surface area (Å²) >= 11 is 0. The van der Waals surface area contributed by atoms with E-state index in [9.17, 15) is 0 Å². The van der Waals surface area contributed by atoms with Crippen molar-refractivity contribution >= 4 is 0 Å². The molecular formula is C15H33N3. The SMILES string of the molecule is CCCN(CCN(C)C)C1CCCC(NCC)C1. The smallest absolute Gasteiger partial charge is 0.0112 e. The molecule has 0 amide bonds. The Labute approximate surface area is 114 Å². The van der Waals surface area contributed by atoms with E-state index in [0.29, 0.717) is 0 Å². The molecule has 1 aliphatic carbocycles. The van der Waals surface area contributed by atoms with E-state index in [-0.39, 0.29) is 0 Å². The van der Waals surface area contributed by atoms with Crippen molar-refractivity contribution in [3.05, 3.63) is 0 Å². The van der Waals surface area contributed by atoms with Gasteiger partial charge in [-0.1, -0.05) is 20.3 Å². The van der Waals surface area contributed by atoms with Gasteiger partial charge in [0.2, 0.25) is 0 Å². The quantitative estimate of drug-likeness (QED) is 0.717. The first-order valence-corrected chi connectivity index (χ1v) is 7.79. The van der Waals surface area contributed by atoms with E-state index < -0.39 is 0 Å². The fraction of sp³-hybridized carbons (Fsp3) is 1.00. The summed E-state index contributed by atoms with van der Waals surface area (Å²) < 4.78 is 0. The van der Waals surface area contributed by atoms with Gasteiger partial charge in [-0.2, -0.15) is 0 Å². The Morgan fingerprint density at radius 3 is 2.44 bits per heavy atom. The summed E-state index contributed by atoms with van der Waals surface area (Å²) in [6.07, 6.45) is 6.79. The lowest BCUT2D eigenvalue weighted by atomic mass is 9.89. The van der Waals surface area contributed by atoms with Crippen LogP contribution in [0.1, 0.15) is 46.0 Å². The van der Waals surface area contributed by atoms with Crippen LogP contribution in [0.2, 0.25) is 0 Å². The minimum atomic E-state index is 0.757. The summed E-state index contributed by atoms with van der Waals surface area (Å²) in [5.74, 6) is 0. The van der Waals surface area contributed by atoms with Gasteiger partial charge in [0.25, 0.3) is 0 Å². The van der Waals surface area contributed by atoms with Gasteiger partial charge in [-0.05, 0) is 52.9 Å². The van der Waals surface area contributed by atoms with E-state index in [0.717, 1.165) is 18.6 Å². The zero-order valence-electron chi connectivity index (χ0n) is 12.9. The molecule has 0 aromatic rings. The van der Waals surface area contributed by atoms with Crippen LogP contribution < -0.4 is 5.32 Å². The van der Waals surface area contributed by atoms with E-state index >= 15 is 0 Å². The molecule has 1 fully saturated rings. The summed E-state index contributed by atoms with van der Waals surface area (Å²) in [4.78, 5) is 5.02. The van der Waals surface area contributed by atoms with Crippen molar-refractivity contribution in [2.24, 2.45) is 0 Å². The van der Waals surface area contributed by atoms with Crippen molar-refractivity contribution in [1.82, 2.24) is 15.1 Å². The molecule has 0 heterocycles. The standard InChI is InChI=1S/C15H33N3/c1-5-10-18(12-11-17(3)4)15-9-7-8-14(13-15)16-6-2/h14-16H,5-13H2,1-4H3. The van der Waals surface area contributed by atoms with Gasteiger partial charge >= 0.3 is 0 Å². The van der Waals surface area contributed by atoms with E-state index in [4.69, 9.17) is 0 Å². The van der Waals surface area contributed by atoms with Crippen LogP contribution in [0.5, 0.6) is 0 Å². The second kappa shape index (κ2) is 8.89. The van der Waals surface area contributed by atoms with Crippen molar-refractivity contribution in [3.8, 4) is 0 Å². The van der Waals surface area contributed by atoms with Gasteiger partial charge in [0, 0.05) is 25.2 Å². The first-order chi connectivity index (χ1) is 8.67. The molecule has 2 atom stereocenters. The van der Waals surface area contributed by atoms with Crippen molar-refractivity contribution in [3.63, 3.8) is 0 Å². The molecule has 0 aromatic carbocycles. The highest BCUT2D eigenvalue weighted by Gasteiger charge is 2.25. The lowest BCUT2D eigenvalue weighted by Gasteiger charge is -2.38. The third kappa shape index (κ3) is 5.68. The number of nitrogens with zero attached hydrogens (tertiary/aromatic N) is 2. The lowest BCUT2D eigenvalue weighted by Crippen LogP contribution is -2.46. The summed E-state index contributed by atoms with van der Waals surface area (Å²) in [7, 11) is 4.35. The van der Waals surface area contributed by atoms with Gasteiger partial charge in [-0.3, -0.25) is 4.90 Å². The molecular weight excluding hydrogens is 222 g/mol. The first kappa shape index (κ1) is 15.9. The van der Waals surface area contributed by atoms with Crippen LogP contribution in [0.3, 0.4) is 0 Å². The van der Waals surface area contributed by atoms with Gasteiger partial charge in [0.05, 0.1) is 0 Å². The molecule has 2 unspecified atom stereocenters. The second-order valence-electron chi connectivity index (χ2n) is 5.91. The van der Waals surface area contributed by atoms with E-state index in [1.54, 1.807) is 0 Å². The van der Waals surface area contributed by atoms with E-state index in [1.165, 1.54) is 51.7 Å². The highest BCUT2D eigenvalue weighted by Crippen LogP contribution is 2.23. The number of nitrogens with one attached hydrogen (secondary N) is 1. The third-order valence-electron chi connectivity index (χ3n) is 4.00. The maximum atomic E-state index is 3.64. The maximum absolute atomic E-state index is 3.64. The monoisotopic (exact) mass is 255 g/mol. The van der Waals surface area contributed by atoms with Crippen LogP contribution in [0.25, 0.3) is 0 Å². The summed E-state index contributed by atoms with van der Waals surface area (Å²) in [6, 6.07) is 1.56. The van der Waals surface area contributed by atoms with Crippen LogP contribution in [0.15, 0.2) is 0 Å². The Kier molecular flexibility index (Phi) is 7.87. The molecule has 1 N–H and O–H groups in total. The molecule has 0 bridgehead atoms. The topological polar surface area (TPSA) is 18.5 Å². The van der Waals surface area contributed by atoms with Crippen LogP contribution in [0.4, 0.5) is 0 Å². The summed E-state index contributed by atoms with van der Waals surface area (Å²) in [6.45, 7) is 9.31. The Morgan fingerprint density at radius 2 is 1.83 bits per heavy atom. The minimum Gasteiger partial charge on any atom is -0.314 e. The summed E-state index contributed by atoms with van der Waals surface area (Å²) in [5.41, 5.74) is 0. The van der Waals surface area contributed by atoms with Gasteiger partial charge in [0.1, 0.15) is 0 Å². The zero-order chi connectivity index (χ0) is 13.4. The van der Waals surface area contributed by atoms with Crippen molar-refractivity contribution < 1.29 is 0 Å². The van der Waals surface area contributed by atoms with Crippen molar-refractivity contribution in [2.45, 2.75) is 58.0 Å². The molecule has 1 rings (SSSR count). The number of rotatable bonds is 8. The number of hydrogen-bond acceptors (Lipinski definition) is 3. The van der Waals surface area contributed by atoms with Crippen molar-refractivity contribution in [2.75, 3.05) is 40.3 Å². The van der Waals surface area contributed by atoms with Gasteiger partial charge in [0.15, 0.2) is 0 Å². The molecule has 108 valence electrons. The second-order valence-corrected chi connectivity index (χ2v) is 5.91. The van der Waals surface area contributed by atoms with E-state index in [1.807, 2.05) is 0 Å². The highest BCUT2D eigenvalue weighted by molar-refractivity contribution is 4.84. The largest absolute Gasteiger partial charge is 0.314 e. The van der Waals surface area contributed by atoms with Crippen LogP contribution in [-0.2, 0) is 0 Å². The molecule has 0 spiro atoms. The lowest BCUT2D eigenvalue weighted by molar-refractivity contribution is 0.129. The molecule has 3 nitrogen and oxygen atoms in total. The Bertz CT molecular complexity index is 204. The molecule has 1 aliphatic rings. The Hall–Kier alpha value is -0.120. The average molecular weight is 255 g/mol. The van der Waals surface area contributed by atoms with Crippen LogP contribution >= 0.6 is 0 Å². The fourth-order valence-corrected chi connectivity index (χ4v) is 3.06. The predicted octanol–water partition coefficient (Wildman–Crippen LogP) is 2.18. The fourth-order valence-electron chi connectivity index (χ4n) is 3.06. The average Bonchev–Trinajstić information content (AvgIpc) is 2.35. The van der Waals surface area contributed by atoms with Gasteiger partial charge in [-0.25, -0.2) is 0 Å².